The van der Waals surface area contributed by atoms with E-state index in [9.17, 15) is 4.79 Å². The summed E-state index contributed by atoms with van der Waals surface area (Å²) in [6.45, 7) is 2.04. The molecule has 0 spiro atoms. The van der Waals surface area contributed by atoms with Crippen molar-refractivity contribution in [3.8, 4) is 5.75 Å². The normalized spacial score (nSPS) is 12.4. The summed E-state index contributed by atoms with van der Waals surface area (Å²) in [4.78, 5) is 12.3. The van der Waals surface area contributed by atoms with Gasteiger partial charge in [-0.25, -0.2) is 4.79 Å². The lowest BCUT2D eigenvalue weighted by Crippen LogP contribution is -2.26. The minimum Gasteiger partial charge on any atom is -0.496 e. The molecule has 1 rings (SSSR count). The molecule has 98 valence electrons. The van der Waals surface area contributed by atoms with E-state index in [1.807, 2.05) is 43.1 Å². The lowest BCUT2D eigenvalue weighted by molar-refractivity contribution is -0.131. The number of ether oxygens (including phenoxy) is 1. The smallest absolute Gasteiger partial charge is 0.329 e. The van der Waals surface area contributed by atoms with Gasteiger partial charge in [0.05, 0.1) is 7.11 Å². The molecule has 4 heteroatoms. The van der Waals surface area contributed by atoms with Gasteiger partial charge in [0.2, 0.25) is 0 Å². The van der Waals surface area contributed by atoms with Crippen molar-refractivity contribution in [2.24, 2.45) is 0 Å². The van der Waals surface area contributed by atoms with Gasteiger partial charge in [-0.3, -0.25) is 0 Å². The number of likely N-dealkylation sites (N-methyl/N-ethyl adjacent to an activating group) is 1. The lowest BCUT2D eigenvalue weighted by atomic mass is 10.1. The molecule has 0 aliphatic carbocycles. The molecule has 18 heavy (non-hydrogen) atoms. The number of rotatable bonds is 6. The number of benzene rings is 1. The van der Waals surface area contributed by atoms with Gasteiger partial charge in [0.15, 0.2) is 0 Å². The van der Waals surface area contributed by atoms with Crippen LogP contribution in [0.2, 0.25) is 0 Å². The third kappa shape index (κ3) is 4.13. The molecule has 0 fully saturated rings. The predicted molar refractivity (Wildman–Crippen MR) is 70.7 cm³/mol. The van der Waals surface area contributed by atoms with Crippen LogP contribution >= 0.6 is 0 Å². The average Bonchev–Trinajstić information content (AvgIpc) is 2.36. The summed E-state index contributed by atoms with van der Waals surface area (Å²) < 4.78 is 5.29. The SMILES string of the molecule is COc1ccccc1CC(C)N(C)C=CC(=O)O. The highest BCUT2D eigenvalue weighted by Gasteiger charge is 2.10. The summed E-state index contributed by atoms with van der Waals surface area (Å²) >= 11 is 0. The van der Waals surface area contributed by atoms with Crippen molar-refractivity contribution in [3.63, 3.8) is 0 Å². The van der Waals surface area contributed by atoms with Crippen molar-refractivity contribution in [2.45, 2.75) is 19.4 Å². The van der Waals surface area contributed by atoms with Crippen LogP contribution in [-0.4, -0.2) is 36.2 Å². The van der Waals surface area contributed by atoms with Gasteiger partial charge in [-0.1, -0.05) is 18.2 Å². The van der Waals surface area contributed by atoms with Crippen LogP contribution in [0.15, 0.2) is 36.5 Å². The standard InChI is InChI=1S/C14H19NO3/c1-11(15(2)9-8-14(16)17)10-12-6-4-5-7-13(12)18-3/h4-9,11H,10H2,1-3H3,(H,16,17). The van der Waals surface area contributed by atoms with E-state index in [0.29, 0.717) is 0 Å². The first kappa shape index (κ1) is 14.1. The Labute approximate surface area is 107 Å². The summed E-state index contributed by atoms with van der Waals surface area (Å²) in [5, 5.41) is 8.58. The van der Waals surface area contributed by atoms with E-state index >= 15 is 0 Å². The zero-order valence-corrected chi connectivity index (χ0v) is 11.0. The van der Waals surface area contributed by atoms with Crippen LogP contribution in [-0.2, 0) is 11.2 Å². The van der Waals surface area contributed by atoms with Gasteiger partial charge in [-0.2, -0.15) is 0 Å². The summed E-state index contributed by atoms with van der Waals surface area (Å²) in [6.07, 6.45) is 3.51. The summed E-state index contributed by atoms with van der Waals surface area (Å²) in [5.74, 6) is -0.0775. The molecule has 1 N–H and O–H groups in total. The van der Waals surface area contributed by atoms with Crippen molar-refractivity contribution in [3.05, 3.63) is 42.1 Å². The van der Waals surface area contributed by atoms with Crippen molar-refractivity contribution < 1.29 is 14.6 Å². The van der Waals surface area contributed by atoms with Crippen LogP contribution in [0.1, 0.15) is 12.5 Å². The van der Waals surface area contributed by atoms with Crippen LogP contribution in [0.4, 0.5) is 0 Å². The molecule has 0 amide bonds. The Bertz CT molecular complexity index is 429. The zero-order valence-electron chi connectivity index (χ0n) is 11.0. The summed E-state index contributed by atoms with van der Waals surface area (Å²) in [7, 11) is 3.51. The van der Waals surface area contributed by atoms with Gasteiger partial charge in [0.1, 0.15) is 5.75 Å². The van der Waals surface area contributed by atoms with Crippen molar-refractivity contribution in [1.82, 2.24) is 4.90 Å². The maximum absolute atomic E-state index is 10.5. The molecular weight excluding hydrogens is 230 g/mol. The van der Waals surface area contributed by atoms with Gasteiger partial charge in [0, 0.05) is 25.4 Å². The van der Waals surface area contributed by atoms with Crippen molar-refractivity contribution in [1.29, 1.82) is 0 Å². The zero-order chi connectivity index (χ0) is 13.5. The van der Waals surface area contributed by atoms with Crippen LogP contribution in [0.3, 0.4) is 0 Å². The maximum Gasteiger partial charge on any atom is 0.329 e. The fourth-order valence-corrected chi connectivity index (χ4v) is 1.66. The molecule has 0 radical (unpaired) electrons. The molecule has 1 aromatic carbocycles. The number of aliphatic carboxylic acids is 1. The lowest BCUT2D eigenvalue weighted by Gasteiger charge is -2.23. The molecule has 1 unspecified atom stereocenters. The quantitative estimate of drug-likeness (QED) is 0.785. The van der Waals surface area contributed by atoms with Gasteiger partial charge >= 0.3 is 5.97 Å². The minimum absolute atomic E-state index is 0.192. The van der Waals surface area contributed by atoms with E-state index in [2.05, 4.69) is 0 Å². The van der Waals surface area contributed by atoms with Crippen LogP contribution in [0.5, 0.6) is 5.75 Å². The highest BCUT2D eigenvalue weighted by molar-refractivity contribution is 5.79. The number of carbonyl (C=O) groups is 1. The maximum atomic E-state index is 10.5. The van der Waals surface area contributed by atoms with Gasteiger partial charge in [-0.15, -0.1) is 0 Å². The average molecular weight is 249 g/mol. The highest BCUT2D eigenvalue weighted by Crippen LogP contribution is 2.20. The molecule has 1 atom stereocenters. The number of methoxy groups -OCH3 is 1. The van der Waals surface area contributed by atoms with E-state index in [4.69, 9.17) is 9.84 Å². The van der Waals surface area contributed by atoms with Crippen molar-refractivity contribution in [2.75, 3.05) is 14.2 Å². The number of hydrogen-bond donors (Lipinski definition) is 1. The molecule has 0 saturated heterocycles. The molecule has 0 heterocycles. The highest BCUT2D eigenvalue weighted by atomic mass is 16.5. The van der Waals surface area contributed by atoms with E-state index in [1.54, 1.807) is 13.3 Å². The second-order valence-electron chi connectivity index (χ2n) is 4.18. The number of hydrogen-bond acceptors (Lipinski definition) is 3. The first-order chi connectivity index (χ1) is 8.54. The first-order valence-corrected chi connectivity index (χ1v) is 5.79. The third-order valence-corrected chi connectivity index (χ3v) is 2.86. The second-order valence-corrected chi connectivity index (χ2v) is 4.18. The molecule has 0 aliphatic rings. The molecule has 0 aliphatic heterocycles. The van der Waals surface area contributed by atoms with Gasteiger partial charge < -0.3 is 14.7 Å². The second kappa shape index (κ2) is 6.69. The fraction of sp³-hybridized carbons (Fsp3) is 0.357. The largest absolute Gasteiger partial charge is 0.496 e. The van der Waals surface area contributed by atoms with Crippen LogP contribution in [0, 0.1) is 0 Å². The Hall–Kier alpha value is -1.97. The first-order valence-electron chi connectivity index (χ1n) is 5.79. The Morgan fingerprint density at radius 1 is 1.50 bits per heavy atom. The third-order valence-electron chi connectivity index (χ3n) is 2.86. The number of para-hydroxylation sites is 1. The van der Waals surface area contributed by atoms with E-state index in [-0.39, 0.29) is 6.04 Å². The van der Waals surface area contributed by atoms with Crippen molar-refractivity contribution >= 4 is 5.97 Å². The molecule has 1 aromatic rings. The van der Waals surface area contributed by atoms with E-state index < -0.39 is 5.97 Å². The Morgan fingerprint density at radius 3 is 2.78 bits per heavy atom. The number of carboxylic acid groups (broad SMARTS) is 1. The number of nitrogens with zero attached hydrogens (tertiary/aromatic N) is 1. The van der Waals surface area contributed by atoms with Crippen LogP contribution in [0.25, 0.3) is 0 Å². The van der Waals surface area contributed by atoms with E-state index in [1.165, 1.54) is 0 Å². The molecular formula is C14H19NO3. The monoisotopic (exact) mass is 249 g/mol. The predicted octanol–water partition coefficient (Wildman–Crippen LogP) is 2.16. The minimum atomic E-state index is -0.939. The fourth-order valence-electron chi connectivity index (χ4n) is 1.66. The summed E-state index contributed by atoms with van der Waals surface area (Å²) in [6, 6.07) is 8.04. The Balaban J connectivity index is 2.69. The molecule has 0 aromatic heterocycles. The van der Waals surface area contributed by atoms with Gasteiger partial charge in [0.25, 0.3) is 0 Å². The topological polar surface area (TPSA) is 49.8 Å². The Kier molecular flexibility index (Phi) is 5.24. The molecule has 0 bridgehead atoms. The van der Waals surface area contributed by atoms with Gasteiger partial charge in [-0.05, 0) is 25.0 Å². The Morgan fingerprint density at radius 2 is 2.17 bits per heavy atom. The summed E-state index contributed by atoms with van der Waals surface area (Å²) in [5.41, 5.74) is 1.11. The van der Waals surface area contributed by atoms with Crippen LogP contribution < -0.4 is 4.74 Å². The molecule has 0 saturated carbocycles. The van der Waals surface area contributed by atoms with E-state index in [0.717, 1.165) is 23.8 Å². The molecule has 4 nitrogen and oxygen atoms in total. The number of carboxylic acids is 1.